The summed E-state index contributed by atoms with van der Waals surface area (Å²) in [7, 11) is 0. The van der Waals surface area contributed by atoms with E-state index in [1.54, 1.807) is 12.3 Å². The number of benzene rings is 1. The van der Waals surface area contributed by atoms with Gasteiger partial charge in [-0.25, -0.2) is 9.18 Å². The van der Waals surface area contributed by atoms with E-state index < -0.39 is 0 Å². The van der Waals surface area contributed by atoms with Gasteiger partial charge in [0.05, 0.1) is 0 Å². The standard InChI is InChI=1S/C14H19FN2O/c1-3-11(2)10-17-14(18)16-8-7-12-5-4-6-13(15)9-12/h4-6,9-10H,3,7-8H2,1-2H3,(H2,16,17,18)/b11-10+. The molecule has 0 saturated carbocycles. The number of carbonyl (C=O) groups is 1. The van der Waals surface area contributed by atoms with Crippen molar-refractivity contribution in [2.75, 3.05) is 6.54 Å². The Labute approximate surface area is 107 Å². The first-order valence-corrected chi connectivity index (χ1v) is 6.06. The van der Waals surface area contributed by atoms with Crippen LogP contribution in [0.15, 0.2) is 36.0 Å². The molecule has 0 spiro atoms. The molecule has 98 valence electrons. The van der Waals surface area contributed by atoms with Gasteiger partial charge in [0.15, 0.2) is 0 Å². The minimum atomic E-state index is -0.251. The van der Waals surface area contributed by atoms with E-state index >= 15 is 0 Å². The summed E-state index contributed by atoms with van der Waals surface area (Å²) < 4.78 is 12.9. The summed E-state index contributed by atoms with van der Waals surface area (Å²) in [6, 6.07) is 6.14. The third-order valence-corrected chi connectivity index (χ3v) is 2.60. The van der Waals surface area contributed by atoms with Crippen molar-refractivity contribution in [2.24, 2.45) is 0 Å². The second-order valence-corrected chi connectivity index (χ2v) is 4.12. The molecule has 0 atom stereocenters. The number of nitrogens with one attached hydrogen (secondary N) is 2. The predicted molar refractivity (Wildman–Crippen MR) is 70.7 cm³/mol. The number of halogens is 1. The van der Waals surface area contributed by atoms with Crippen LogP contribution in [0.5, 0.6) is 0 Å². The third kappa shape index (κ3) is 5.48. The molecular formula is C14H19FN2O. The number of hydrogen-bond donors (Lipinski definition) is 2. The van der Waals surface area contributed by atoms with E-state index in [4.69, 9.17) is 0 Å². The summed E-state index contributed by atoms with van der Waals surface area (Å²) >= 11 is 0. The van der Waals surface area contributed by atoms with Gasteiger partial charge in [0, 0.05) is 12.7 Å². The molecule has 3 nitrogen and oxygen atoms in total. The van der Waals surface area contributed by atoms with E-state index in [1.165, 1.54) is 12.1 Å². The highest BCUT2D eigenvalue weighted by Crippen LogP contribution is 2.03. The molecule has 0 saturated heterocycles. The lowest BCUT2D eigenvalue weighted by Crippen LogP contribution is -2.33. The van der Waals surface area contributed by atoms with Gasteiger partial charge in [0.25, 0.3) is 0 Å². The Hall–Kier alpha value is -1.84. The number of carbonyl (C=O) groups excluding carboxylic acids is 1. The molecule has 0 aromatic heterocycles. The molecule has 1 aromatic carbocycles. The molecule has 4 heteroatoms. The van der Waals surface area contributed by atoms with E-state index in [0.717, 1.165) is 17.6 Å². The predicted octanol–water partition coefficient (Wildman–Crippen LogP) is 2.98. The molecule has 0 radical (unpaired) electrons. The van der Waals surface area contributed by atoms with Crippen molar-refractivity contribution in [3.05, 3.63) is 47.4 Å². The first-order valence-electron chi connectivity index (χ1n) is 6.06. The van der Waals surface area contributed by atoms with Gasteiger partial charge >= 0.3 is 6.03 Å². The van der Waals surface area contributed by atoms with E-state index in [1.807, 2.05) is 19.9 Å². The van der Waals surface area contributed by atoms with Gasteiger partial charge in [-0.1, -0.05) is 24.6 Å². The number of hydrogen-bond acceptors (Lipinski definition) is 1. The topological polar surface area (TPSA) is 41.1 Å². The van der Waals surface area contributed by atoms with E-state index in [2.05, 4.69) is 10.6 Å². The second kappa shape index (κ2) is 7.48. The fraction of sp³-hybridized carbons (Fsp3) is 0.357. The molecule has 0 heterocycles. The largest absolute Gasteiger partial charge is 0.338 e. The molecule has 1 rings (SSSR count). The summed E-state index contributed by atoms with van der Waals surface area (Å²) in [6.07, 6.45) is 3.21. The van der Waals surface area contributed by atoms with Crippen molar-refractivity contribution >= 4 is 6.03 Å². The molecule has 0 bridgehead atoms. The highest BCUT2D eigenvalue weighted by atomic mass is 19.1. The van der Waals surface area contributed by atoms with Crippen molar-refractivity contribution in [1.29, 1.82) is 0 Å². The highest BCUT2D eigenvalue weighted by Gasteiger charge is 1.99. The second-order valence-electron chi connectivity index (χ2n) is 4.12. The molecule has 0 aliphatic heterocycles. The maximum atomic E-state index is 12.9. The van der Waals surface area contributed by atoms with Crippen molar-refractivity contribution in [3.63, 3.8) is 0 Å². The average molecular weight is 250 g/mol. The Balaban J connectivity index is 2.27. The fourth-order valence-corrected chi connectivity index (χ4v) is 1.35. The zero-order chi connectivity index (χ0) is 13.4. The van der Waals surface area contributed by atoms with Gasteiger partial charge in [-0.15, -0.1) is 0 Å². The average Bonchev–Trinajstić information content (AvgIpc) is 2.36. The zero-order valence-corrected chi connectivity index (χ0v) is 10.8. The Kier molecular flexibility index (Phi) is 5.91. The van der Waals surface area contributed by atoms with Gasteiger partial charge in [-0.2, -0.15) is 0 Å². The van der Waals surface area contributed by atoms with Crippen LogP contribution in [0.2, 0.25) is 0 Å². The maximum Gasteiger partial charge on any atom is 0.318 e. The summed E-state index contributed by atoms with van der Waals surface area (Å²) in [4.78, 5) is 11.4. The SMILES string of the molecule is CC/C(C)=C/NC(=O)NCCc1cccc(F)c1. The normalized spacial score (nSPS) is 11.2. The van der Waals surface area contributed by atoms with Gasteiger partial charge < -0.3 is 10.6 Å². The van der Waals surface area contributed by atoms with Gasteiger partial charge in [0.1, 0.15) is 5.82 Å². The molecule has 18 heavy (non-hydrogen) atoms. The van der Waals surface area contributed by atoms with Crippen LogP contribution >= 0.6 is 0 Å². The first-order chi connectivity index (χ1) is 8.61. The van der Waals surface area contributed by atoms with Crippen LogP contribution in [0, 0.1) is 5.82 Å². The first kappa shape index (κ1) is 14.2. The Morgan fingerprint density at radius 3 is 2.89 bits per heavy atom. The lowest BCUT2D eigenvalue weighted by atomic mass is 10.1. The maximum absolute atomic E-state index is 12.9. The summed E-state index contributed by atoms with van der Waals surface area (Å²) in [5.41, 5.74) is 1.98. The smallest absolute Gasteiger partial charge is 0.318 e. The van der Waals surface area contributed by atoms with Crippen LogP contribution < -0.4 is 10.6 Å². The van der Waals surface area contributed by atoms with Crippen molar-refractivity contribution in [2.45, 2.75) is 26.7 Å². The number of rotatable bonds is 5. The van der Waals surface area contributed by atoms with E-state index in [0.29, 0.717) is 13.0 Å². The lowest BCUT2D eigenvalue weighted by molar-refractivity contribution is 0.244. The molecular weight excluding hydrogens is 231 g/mol. The van der Waals surface area contributed by atoms with Crippen LogP contribution in [-0.4, -0.2) is 12.6 Å². The van der Waals surface area contributed by atoms with Crippen LogP contribution in [-0.2, 0) is 6.42 Å². The third-order valence-electron chi connectivity index (χ3n) is 2.60. The Morgan fingerprint density at radius 2 is 2.22 bits per heavy atom. The molecule has 0 aliphatic rings. The van der Waals surface area contributed by atoms with Crippen molar-refractivity contribution in [1.82, 2.24) is 10.6 Å². The number of allylic oxidation sites excluding steroid dienone is 1. The number of amides is 2. The molecule has 1 aromatic rings. The quantitative estimate of drug-likeness (QED) is 0.828. The van der Waals surface area contributed by atoms with Crippen LogP contribution in [0.1, 0.15) is 25.8 Å². The van der Waals surface area contributed by atoms with E-state index in [-0.39, 0.29) is 11.8 Å². The van der Waals surface area contributed by atoms with Gasteiger partial charge in [0.2, 0.25) is 0 Å². The number of urea groups is 1. The molecule has 2 amide bonds. The van der Waals surface area contributed by atoms with Crippen LogP contribution in [0.25, 0.3) is 0 Å². The lowest BCUT2D eigenvalue weighted by Gasteiger charge is -2.05. The van der Waals surface area contributed by atoms with Crippen LogP contribution in [0.4, 0.5) is 9.18 Å². The van der Waals surface area contributed by atoms with Gasteiger partial charge in [-0.3, -0.25) is 0 Å². The fourth-order valence-electron chi connectivity index (χ4n) is 1.35. The molecule has 2 N–H and O–H groups in total. The highest BCUT2D eigenvalue weighted by molar-refractivity contribution is 5.74. The minimum absolute atomic E-state index is 0.237. The van der Waals surface area contributed by atoms with Crippen LogP contribution in [0.3, 0.4) is 0 Å². The Bertz CT molecular complexity index is 430. The summed E-state index contributed by atoms with van der Waals surface area (Å²) in [6.45, 7) is 4.46. The van der Waals surface area contributed by atoms with E-state index in [9.17, 15) is 9.18 Å². The van der Waals surface area contributed by atoms with Crippen molar-refractivity contribution < 1.29 is 9.18 Å². The molecule has 0 fully saturated rings. The monoisotopic (exact) mass is 250 g/mol. The summed E-state index contributed by atoms with van der Waals surface area (Å²) in [5, 5.41) is 5.36. The van der Waals surface area contributed by atoms with Gasteiger partial charge in [-0.05, 0) is 37.5 Å². The summed E-state index contributed by atoms with van der Waals surface area (Å²) in [5.74, 6) is -0.251. The van der Waals surface area contributed by atoms with Crippen molar-refractivity contribution in [3.8, 4) is 0 Å². The Morgan fingerprint density at radius 1 is 1.44 bits per heavy atom. The zero-order valence-electron chi connectivity index (χ0n) is 10.8. The molecule has 0 unspecified atom stereocenters. The molecule has 0 aliphatic carbocycles. The minimum Gasteiger partial charge on any atom is -0.338 e.